The quantitative estimate of drug-likeness (QED) is 0.194. The van der Waals surface area contributed by atoms with Crippen LogP contribution in [0.3, 0.4) is 0 Å². The second kappa shape index (κ2) is 11.5. The number of aromatic amines is 1. The molecular weight excluding hydrogens is 582 g/mol. The molecule has 5 aromatic rings. The number of hydrogen-bond acceptors (Lipinski definition) is 6. The molecule has 0 amide bonds. The molecule has 3 aromatic carbocycles. The maximum Gasteiger partial charge on any atom is 0.247 e. The number of benzene rings is 3. The smallest absolute Gasteiger partial charge is 0.247 e. The Balaban J connectivity index is 1.52. The molecule has 0 aliphatic heterocycles. The van der Waals surface area contributed by atoms with Crippen molar-refractivity contribution in [2.24, 2.45) is 0 Å². The molecule has 0 aliphatic carbocycles. The van der Waals surface area contributed by atoms with Gasteiger partial charge in [0.1, 0.15) is 33.5 Å². The molecule has 0 unspecified atom stereocenters. The first-order chi connectivity index (χ1) is 18.9. The predicted octanol–water partition coefficient (Wildman–Crippen LogP) is 6.53. The molecule has 1 N–H and O–H groups in total. The molecule has 0 saturated heterocycles. The number of methoxy groups -OCH3 is 2. The summed E-state index contributed by atoms with van der Waals surface area (Å²) >= 11 is 3.45. The monoisotopic (exact) mass is 607 g/mol. The maximum atomic E-state index is 14.2. The number of pyridine rings is 1. The summed E-state index contributed by atoms with van der Waals surface area (Å²) < 4.78 is 47.2. The van der Waals surface area contributed by atoms with Crippen molar-refractivity contribution in [3.63, 3.8) is 0 Å². The molecule has 39 heavy (non-hydrogen) atoms. The van der Waals surface area contributed by atoms with Crippen LogP contribution in [-0.2, 0) is 23.1 Å². The van der Waals surface area contributed by atoms with E-state index in [-0.39, 0.29) is 23.7 Å². The fraction of sp³-hybridized carbons (Fsp3) is 0.138. The molecule has 0 radical (unpaired) electrons. The molecule has 8 nitrogen and oxygen atoms in total. The Morgan fingerprint density at radius 2 is 1.44 bits per heavy atom. The van der Waals surface area contributed by atoms with Crippen LogP contribution in [0.2, 0.25) is 0 Å². The molecule has 0 saturated carbocycles. The topological polar surface area (TPSA) is 93.8 Å². The van der Waals surface area contributed by atoms with Gasteiger partial charge < -0.3 is 19.2 Å². The van der Waals surface area contributed by atoms with Crippen molar-refractivity contribution in [1.82, 2.24) is 14.3 Å². The first-order valence-electron chi connectivity index (χ1n) is 12.0. The summed E-state index contributed by atoms with van der Waals surface area (Å²) in [7, 11) is -0.847. The highest BCUT2D eigenvalue weighted by Gasteiger charge is 2.29. The van der Waals surface area contributed by atoms with Gasteiger partial charge in [-0.25, -0.2) is 13.4 Å². The molecule has 10 heteroatoms. The van der Waals surface area contributed by atoms with Crippen molar-refractivity contribution < 1.29 is 22.6 Å². The van der Waals surface area contributed by atoms with Gasteiger partial charge in [0, 0.05) is 29.1 Å². The summed E-state index contributed by atoms with van der Waals surface area (Å²) in [6.07, 6.45) is 3.34. The lowest BCUT2D eigenvalue weighted by Crippen LogP contribution is -2.30. The SMILES string of the molecule is COc1ccc(CN(Cc2ccc(OC)cc2)S(=O)(=O)c2ccc(Br)cc2Oc2cnc3[nH]ccc3c2)cc1. The van der Waals surface area contributed by atoms with Crippen molar-refractivity contribution in [2.45, 2.75) is 18.0 Å². The molecule has 0 aliphatic rings. The van der Waals surface area contributed by atoms with E-state index in [1.165, 1.54) is 4.31 Å². The van der Waals surface area contributed by atoms with Gasteiger partial charge in [-0.3, -0.25) is 0 Å². The van der Waals surface area contributed by atoms with Crippen LogP contribution in [0.15, 0.2) is 101 Å². The molecule has 0 fully saturated rings. The number of nitrogens with one attached hydrogen (secondary N) is 1. The fourth-order valence-corrected chi connectivity index (χ4v) is 5.96. The molecule has 5 rings (SSSR count). The third-order valence-electron chi connectivity index (χ3n) is 6.16. The van der Waals surface area contributed by atoms with E-state index in [0.29, 0.717) is 21.7 Å². The lowest BCUT2D eigenvalue weighted by Gasteiger charge is -2.24. The molecule has 2 aromatic heterocycles. The zero-order valence-corrected chi connectivity index (χ0v) is 23.7. The average molecular weight is 609 g/mol. The minimum atomic E-state index is -4.03. The zero-order chi connectivity index (χ0) is 27.4. The minimum absolute atomic E-state index is 0.0434. The number of sulfonamides is 1. The molecule has 0 bridgehead atoms. The largest absolute Gasteiger partial charge is 0.497 e. The summed E-state index contributed by atoms with van der Waals surface area (Å²) in [4.78, 5) is 7.44. The van der Waals surface area contributed by atoms with Crippen molar-refractivity contribution in [3.05, 3.63) is 107 Å². The normalized spacial score (nSPS) is 11.6. The highest BCUT2D eigenvalue weighted by Crippen LogP contribution is 2.35. The standard InChI is InChI=1S/C29H26BrN3O5S/c1-36-24-8-3-20(4-9-24)18-33(19-21-5-10-25(37-2)11-6-21)39(34,35)28-12-7-23(30)16-27(28)38-26-15-22-13-14-31-29(22)32-17-26/h3-17H,18-19H2,1-2H3,(H,31,32). The Bertz CT molecular complexity index is 1640. The van der Waals surface area contributed by atoms with Crippen LogP contribution >= 0.6 is 15.9 Å². The van der Waals surface area contributed by atoms with Crippen LogP contribution in [-0.4, -0.2) is 36.9 Å². The summed E-state index contributed by atoms with van der Waals surface area (Å²) in [5.74, 6) is 2.00. The van der Waals surface area contributed by atoms with E-state index < -0.39 is 10.0 Å². The molecule has 2 heterocycles. The van der Waals surface area contributed by atoms with Gasteiger partial charge >= 0.3 is 0 Å². The summed E-state index contributed by atoms with van der Waals surface area (Å²) in [6.45, 7) is 0.287. The van der Waals surface area contributed by atoms with Crippen molar-refractivity contribution in [2.75, 3.05) is 14.2 Å². The third kappa shape index (κ3) is 6.08. The Labute approximate surface area is 235 Å². The van der Waals surface area contributed by atoms with Crippen LogP contribution in [0.5, 0.6) is 23.0 Å². The molecule has 0 atom stereocenters. The van der Waals surface area contributed by atoms with Gasteiger partial charge in [-0.1, -0.05) is 40.2 Å². The van der Waals surface area contributed by atoms with Gasteiger partial charge in [0.25, 0.3) is 0 Å². The van der Waals surface area contributed by atoms with Crippen molar-refractivity contribution in [3.8, 4) is 23.0 Å². The van der Waals surface area contributed by atoms with Crippen LogP contribution in [0, 0.1) is 0 Å². The van der Waals surface area contributed by atoms with Gasteiger partial charge in [-0.05, 0) is 65.7 Å². The second-order valence-corrected chi connectivity index (χ2v) is 11.6. The number of fused-ring (bicyclic) bond motifs is 1. The van der Waals surface area contributed by atoms with Crippen molar-refractivity contribution in [1.29, 1.82) is 0 Å². The summed E-state index contributed by atoms with van der Waals surface area (Å²) in [5.41, 5.74) is 2.35. The highest BCUT2D eigenvalue weighted by molar-refractivity contribution is 9.10. The first-order valence-corrected chi connectivity index (χ1v) is 14.3. The van der Waals surface area contributed by atoms with E-state index in [0.717, 1.165) is 22.2 Å². The Morgan fingerprint density at radius 1 is 0.821 bits per heavy atom. The van der Waals surface area contributed by atoms with Crippen molar-refractivity contribution >= 4 is 37.0 Å². The van der Waals surface area contributed by atoms with Crippen LogP contribution in [0.1, 0.15) is 11.1 Å². The van der Waals surface area contributed by atoms with E-state index in [9.17, 15) is 8.42 Å². The van der Waals surface area contributed by atoms with E-state index in [4.69, 9.17) is 14.2 Å². The lowest BCUT2D eigenvalue weighted by atomic mass is 10.2. The van der Waals surface area contributed by atoms with Crippen LogP contribution < -0.4 is 14.2 Å². The molecule has 0 spiro atoms. The van der Waals surface area contributed by atoms with Crippen LogP contribution in [0.25, 0.3) is 11.0 Å². The van der Waals surface area contributed by atoms with E-state index in [1.807, 2.05) is 60.7 Å². The molecule has 200 valence electrons. The van der Waals surface area contributed by atoms with E-state index in [2.05, 4.69) is 25.9 Å². The summed E-state index contributed by atoms with van der Waals surface area (Å²) in [6, 6.07) is 23.2. The Kier molecular flexibility index (Phi) is 7.87. The van der Waals surface area contributed by atoms with Gasteiger partial charge in [0.05, 0.1) is 20.4 Å². The average Bonchev–Trinajstić information content (AvgIpc) is 3.41. The Hall–Kier alpha value is -3.86. The van der Waals surface area contributed by atoms with Gasteiger partial charge in [0.2, 0.25) is 10.0 Å². The number of halogens is 1. The number of nitrogens with zero attached hydrogens (tertiary/aromatic N) is 2. The van der Waals surface area contributed by atoms with Gasteiger partial charge in [-0.15, -0.1) is 0 Å². The van der Waals surface area contributed by atoms with Gasteiger partial charge in [-0.2, -0.15) is 4.31 Å². The third-order valence-corrected chi connectivity index (χ3v) is 8.49. The summed E-state index contributed by atoms with van der Waals surface area (Å²) in [5, 5.41) is 0.854. The number of H-pyrrole nitrogens is 1. The number of hydrogen-bond donors (Lipinski definition) is 1. The maximum absolute atomic E-state index is 14.2. The number of aromatic nitrogens is 2. The predicted molar refractivity (Wildman–Crippen MR) is 153 cm³/mol. The zero-order valence-electron chi connectivity index (χ0n) is 21.3. The molecular formula is C29H26BrN3O5S. The van der Waals surface area contributed by atoms with E-state index in [1.54, 1.807) is 44.8 Å². The van der Waals surface area contributed by atoms with E-state index >= 15 is 0 Å². The number of rotatable bonds is 10. The fourth-order valence-electron chi connectivity index (χ4n) is 4.11. The van der Waals surface area contributed by atoms with Crippen LogP contribution in [0.4, 0.5) is 0 Å². The minimum Gasteiger partial charge on any atom is -0.497 e. The highest BCUT2D eigenvalue weighted by atomic mass is 79.9. The first kappa shape index (κ1) is 26.7. The lowest BCUT2D eigenvalue weighted by molar-refractivity contribution is 0.393. The number of ether oxygens (including phenoxy) is 3. The Morgan fingerprint density at radius 3 is 2.03 bits per heavy atom. The second-order valence-electron chi connectivity index (χ2n) is 8.75. The van der Waals surface area contributed by atoms with Gasteiger partial charge in [0.15, 0.2) is 0 Å².